The lowest BCUT2D eigenvalue weighted by atomic mass is 9.97. The maximum Gasteiger partial charge on any atom is 0.232 e. The van der Waals surface area contributed by atoms with Gasteiger partial charge in [0.2, 0.25) is 17.5 Å². The second-order valence-corrected chi connectivity index (χ2v) is 7.12. The molecule has 1 N–H and O–H groups in total. The van der Waals surface area contributed by atoms with E-state index in [0.717, 1.165) is 18.8 Å². The molecule has 1 aliphatic heterocycles. The molecule has 3 rings (SSSR count). The quantitative estimate of drug-likeness (QED) is 0.892. The van der Waals surface area contributed by atoms with E-state index in [0.29, 0.717) is 31.5 Å². The number of hydrogen-bond acceptors (Lipinski definition) is 7. The van der Waals surface area contributed by atoms with Crippen molar-refractivity contribution in [1.82, 2.24) is 9.88 Å². The topological polar surface area (TPSA) is 87.5 Å². The number of oxazole rings is 1. The van der Waals surface area contributed by atoms with Crippen molar-refractivity contribution in [3.8, 4) is 6.07 Å². The summed E-state index contributed by atoms with van der Waals surface area (Å²) in [7, 11) is 0. The first-order valence-electron chi connectivity index (χ1n) is 8.49. The highest BCUT2D eigenvalue weighted by molar-refractivity contribution is 5.46. The minimum atomic E-state index is -0.254. The van der Waals surface area contributed by atoms with Crippen LogP contribution in [0.3, 0.4) is 0 Å². The second kappa shape index (κ2) is 7.30. The number of anilines is 1. The number of nitriles is 1. The first-order chi connectivity index (χ1) is 12.0. The fourth-order valence-electron chi connectivity index (χ4n) is 2.81. The van der Waals surface area contributed by atoms with Crippen LogP contribution >= 0.6 is 0 Å². The van der Waals surface area contributed by atoms with Gasteiger partial charge in [0.25, 0.3) is 0 Å². The van der Waals surface area contributed by atoms with E-state index in [-0.39, 0.29) is 17.2 Å². The zero-order valence-corrected chi connectivity index (χ0v) is 14.9. The zero-order chi connectivity index (χ0) is 17.9. The average molecular weight is 344 g/mol. The summed E-state index contributed by atoms with van der Waals surface area (Å²) in [6, 6.07) is 5.99. The van der Waals surface area contributed by atoms with E-state index in [1.54, 1.807) is 6.26 Å². The normalized spacial score (nSPS) is 17.2. The van der Waals surface area contributed by atoms with Gasteiger partial charge in [-0.2, -0.15) is 10.2 Å². The van der Waals surface area contributed by atoms with Gasteiger partial charge in [-0.3, -0.25) is 4.90 Å². The zero-order valence-electron chi connectivity index (χ0n) is 14.9. The van der Waals surface area contributed by atoms with Gasteiger partial charge in [0.15, 0.2) is 0 Å². The molecular formula is C18H24N4O3. The molecule has 1 aliphatic rings. The second-order valence-electron chi connectivity index (χ2n) is 7.12. The van der Waals surface area contributed by atoms with Crippen molar-refractivity contribution in [2.24, 2.45) is 0 Å². The fraction of sp³-hybridized carbons (Fsp3) is 0.556. The van der Waals surface area contributed by atoms with Crippen molar-refractivity contribution in [1.29, 1.82) is 5.26 Å². The van der Waals surface area contributed by atoms with Crippen LogP contribution in [-0.2, 0) is 10.2 Å². The first-order valence-corrected chi connectivity index (χ1v) is 8.49. The van der Waals surface area contributed by atoms with Crippen molar-refractivity contribution in [3.05, 3.63) is 35.7 Å². The number of nitrogens with zero attached hydrogens (tertiary/aromatic N) is 3. The van der Waals surface area contributed by atoms with Gasteiger partial charge in [-0.1, -0.05) is 20.8 Å². The number of morpholine rings is 1. The monoisotopic (exact) mass is 344 g/mol. The molecule has 2 aromatic rings. The number of ether oxygens (including phenoxy) is 1. The standard InChI is InChI=1S/C18H24N4O3/c1-18(2,3)17-21-13(11-19)16(25-17)20-12-14(15-5-4-8-24-15)22-6-9-23-10-7-22/h4-5,8,14,20H,6-7,9-10,12H2,1-3H3. The number of nitrogens with one attached hydrogen (secondary N) is 1. The number of hydrogen-bond donors (Lipinski definition) is 1. The highest BCUT2D eigenvalue weighted by Crippen LogP contribution is 2.28. The lowest BCUT2D eigenvalue weighted by Gasteiger charge is -2.33. The van der Waals surface area contributed by atoms with E-state index in [9.17, 15) is 5.26 Å². The van der Waals surface area contributed by atoms with Gasteiger partial charge in [0.05, 0.1) is 25.5 Å². The fourth-order valence-corrected chi connectivity index (χ4v) is 2.81. The molecule has 1 saturated heterocycles. The van der Waals surface area contributed by atoms with Gasteiger partial charge in [-0.15, -0.1) is 0 Å². The molecule has 0 radical (unpaired) electrons. The minimum Gasteiger partial charge on any atom is -0.468 e. The first kappa shape index (κ1) is 17.5. The summed E-state index contributed by atoms with van der Waals surface area (Å²) >= 11 is 0. The molecule has 0 bridgehead atoms. The molecule has 0 aliphatic carbocycles. The Morgan fingerprint density at radius 1 is 1.36 bits per heavy atom. The molecule has 7 nitrogen and oxygen atoms in total. The van der Waals surface area contributed by atoms with E-state index >= 15 is 0 Å². The number of furan rings is 1. The highest BCUT2D eigenvalue weighted by atomic mass is 16.5. The summed E-state index contributed by atoms with van der Waals surface area (Å²) in [4.78, 5) is 6.61. The Morgan fingerprint density at radius 2 is 2.12 bits per heavy atom. The Labute approximate surface area is 147 Å². The van der Waals surface area contributed by atoms with Crippen LogP contribution in [0.25, 0.3) is 0 Å². The van der Waals surface area contributed by atoms with Crippen LogP contribution < -0.4 is 5.32 Å². The van der Waals surface area contributed by atoms with Gasteiger partial charge in [-0.25, -0.2) is 0 Å². The third-order valence-corrected chi connectivity index (χ3v) is 4.19. The Balaban J connectivity index is 1.77. The summed E-state index contributed by atoms with van der Waals surface area (Å²) in [5, 5.41) is 12.6. The molecule has 3 heterocycles. The molecular weight excluding hydrogens is 320 g/mol. The molecule has 1 unspecified atom stereocenters. The Hall–Kier alpha value is -2.30. The molecule has 0 spiro atoms. The predicted octanol–water partition coefficient (Wildman–Crippen LogP) is 2.92. The van der Waals surface area contributed by atoms with Gasteiger partial charge in [-0.05, 0) is 12.1 Å². The molecule has 2 aromatic heterocycles. The van der Waals surface area contributed by atoms with Gasteiger partial charge in [0.1, 0.15) is 11.8 Å². The molecule has 0 saturated carbocycles. The lowest BCUT2D eigenvalue weighted by Crippen LogP contribution is -2.41. The summed E-state index contributed by atoms with van der Waals surface area (Å²) in [6.07, 6.45) is 1.68. The summed E-state index contributed by atoms with van der Waals surface area (Å²) in [6.45, 7) is 9.65. The van der Waals surface area contributed by atoms with Crippen molar-refractivity contribution >= 4 is 5.88 Å². The smallest absolute Gasteiger partial charge is 0.232 e. The summed E-state index contributed by atoms with van der Waals surface area (Å²) < 4.78 is 16.9. The van der Waals surface area contributed by atoms with Crippen molar-refractivity contribution in [2.45, 2.75) is 32.2 Å². The van der Waals surface area contributed by atoms with Crippen LogP contribution in [-0.4, -0.2) is 42.7 Å². The van der Waals surface area contributed by atoms with E-state index < -0.39 is 0 Å². The SMILES string of the molecule is CC(C)(C)c1nc(C#N)c(NCC(c2ccco2)N2CCOCC2)o1. The predicted molar refractivity (Wildman–Crippen MR) is 92.2 cm³/mol. The maximum atomic E-state index is 9.34. The summed E-state index contributed by atoms with van der Waals surface area (Å²) in [5.41, 5.74) is 0.0287. The average Bonchev–Trinajstić information content (AvgIpc) is 3.25. The largest absolute Gasteiger partial charge is 0.468 e. The molecule has 25 heavy (non-hydrogen) atoms. The molecule has 7 heteroatoms. The summed E-state index contributed by atoms with van der Waals surface area (Å²) in [5.74, 6) is 1.84. The minimum absolute atomic E-state index is 0.0358. The van der Waals surface area contributed by atoms with Crippen LogP contribution in [0.4, 0.5) is 5.88 Å². The maximum absolute atomic E-state index is 9.34. The number of aromatic nitrogens is 1. The molecule has 1 atom stereocenters. The Morgan fingerprint density at radius 3 is 2.72 bits per heavy atom. The van der Waals surface area contributed by atoms with E-state index in [1.165, 1.54) is 0 Å². The van der Waals surface area contributed by atoms with Crippen LogP contribution in [0.15, 0.2) is 27.2 Å². The van der Waals surface area contributed by atoms with Crippen molar-refractivity contribution < 1.29 is 13.6 Å². The van der Waals surface area contributed by atoms with Gasteiger partial charge >= 0.3 is 0 Å². The third-order valence-electron chi connectivity index (χ3n) is 4.19. The molecule has 0 aromatic carbocycles. The van der Waals surface area contributed by atoms with Crippen molar-refractivity contribution in [3.63, 3.8) is 0 Å². The Bertz CT molecular complexity index is 719. The molecule has 0 amide bonds. The van der Waals surface area contributed by atoms with Crippen molar-refractivity contribution in [2.75, 3.05) is 38.2 Å². The van der Waals surface area contributed by atoms with Crippen LogP contribution in [0.2, 0.25) is 0 Å². The van der Waals surface area contributed by atoms with Crippen LogP contribution in [0, 0.1) is 11.3 Å². The van der Waals surface area contributed by atoms with Gasteiger partial charge < -0.3 is 18.9 Å². The van der Waals surface area contributed by atoms with E-state index in [1.807, 2.05) is 32.9 Å². The Kier molecular flexibility index (Phi) is 5.11. The molecule has 1 fully saturated rings. The molecule has 134 valence electrons. The lowest BCUT2D eigenvalue weighted by molar-refractivity contribution is 0.0144. The third kappa shape index (κ3) is 4.03. The number of rotatable bonds is 5. The van der Waals surface area contributed by atoms with E-state index in [4.69, 9.17) is 13.6 Å². The van der Waals surface area contributed by atoms with Gasteiger partial charge in [0, 0.05) is 25.0 Å². The van der Waals surface area contributed by atoms with E-state index in [2.05, 4.69) is 21.3 Å². The highest BCUT2D eigenvalue weighted by Gasteiger charge is 2.27. The van der Waals surface area contributed by atoms with Crippen LogP contribution in [0.5, 0.6) is 0 Å². The van der Waals surface area contributed by atoms with Crippen LogP contribution in [0.1, 0.15) is 44.2 Å².